The average molecular weight is 515 g/mol. The molecule has 4 nitrogen and oxygen atoms in total. The van der Waals surface area contributed by atoms with Crippen LogP contribution in [0.4, 0.5) is 5.69 Å². The zero-order chi connectivity index (χ0) is 24.5. The first-order valence-electron chi connectivity index (χ1n) is 12.2. The summed E-state index contributed by atoms with van der Waals surface area (Å²) >= 11 is 9.92. The van der Waals surface area contributed by atoms with Crippen molar-refractivity contribution in [2.45, 2.75) is 58.6 Å². The molecule has 0 unspecified atom stereocenters. The van der Waals surface area contributed by atoms with Crippen LogP contribution in [0.5, 0.6) is 5.75 Å². The second kappa shape index (κ2) is 18.4. The molecule has 0 amide bonds. The Morgan fingerprint density at radius 3 is 2.48 bits per heavy atom. The van der Waals surface area contributed by atoms with Gasteiger partial charge in [0.1, 0.15) is 6.61 Å². The molecule has 1 aliphatic heterocycles. The van der Waals surface area contributed by atoms with Gasteiger partial charge in [-0.2, -0.15) is 0 Å². The highest BCUT2D eigenvalue weighted by Crippen LogP contribution is 2.33. The molecule has 1 aromatic heterocycles. The number of nitrogens with zero attached hydrogens (tertiary/aromatic N) is 1. The fraction of sp³-hybridized carbons (Fsp3) is 0.615. The molecule has 33 heavy (non-hydrogen) atoms. The Morgan fingerprint density at radius 2 is 1.88 bits per heavy atom. The van der Waals surface area contributed by atoms with Gasteiger partial charge in [0.2, 0.25) is 0 Å². The molecule has 3 rings (SSSR count). The third-order valence-corrected chi connectivity index (χ3v) is 7.21. The summed E-state index contributed by atoms with van der Waals surface area (Å²) in [4.78, 5) is 0. The zero-order valence-electron chi connectivity index (χ0n) is 21.2. The number of piperidine rings is 1. The Labute approximate surface area is 215 Å². The quantitative estimate of drug-likeness (QED) is 0.254. The molecule has 1 fully saturated rings. The molecule has 0 bridgehead atoms. The highest BCUT2D eigenvalue weighted by molar-refractivity contribution is 7.98. The predicted molar refractivity (Wildman–Crippen MR) is 148 cm³/mol. The van der Waals surface area contributed by atoms with Crippen LogP contribution in [0, 0.1) is 11.8 Å². The van der Waals surface area contributed by atoms with Crippen LogP contribution in [-0.2, 0) is 4.74 Å². The minimum atomic E-state index is 0.508. The first-order chi connectivity index (χ1) is 16.0. The van der Waals surface area contributed by atoms with Crippen molar-refractivity contribution in [2.75, 3.05) is 44.8 Å². The van der Waals surface area contributed by atoms with E-state index in [1.54, 1.807) is 0 Å². The van der Waals surface area contributed by atoms with E-state index >= 15 is 0 Å². The lowest BCUT2D eigenvalue weighted by Gasteiger charge is -2.28. The summed E-state index contributed by atoms with van der Waals surface area (Å²) in [6, 6.07) is 10.1. The zero-order valence-corrected chi connectivity index (χ0v) is 23.6. The third kappa shape index (κ3) is 12.9. The average Bonchev–Trinajstić information content (AvgIpc) is 3.33. The highest BCUT2D eigenvalue weighted by Gasteiger charge is 2.16. The van der Waals surface area contributed by atoms with Crippen LogP contribution in [-0.4, -0.2) is 43.8 Å². The molecule has 2 heterocycles. The Bertz CT molecular complexity index is 721. The van der Waals surface area contributed by atoms with Crippen LogP contribution in [0.1, 0.15) is 54.4 Å². The highest BCUT2D eigenvalue weighted by atomic mass is 35.5. The maximum Gasteiger partial charge on any atom is 0.161 e. The topological polar surface area (TPSA) is 33.7 Å². The fourth-order valence-electron chi connectivity index (χ4n) is 2.97. The summed E-state index contributed by atoms with van der Waals surface area (Å²) in [5.74, 6) is 2.21. The Kier molecular flexibility index (Phi) is 16.8. The molecule has 2 aromatic rings. The number of benzene rings is 1. The number of nitrogens with one attached hydrogen (secondary N) is 1. The van der Waals surface area contributed by atoms with Gasteiger partial charge in [0, 0.05) is 26.2 Å². The monoisotopic (exact) mass is 514 g/mol. The van der Waals surface area contributed by atoms with Crippen molar-refractivity contribution in [3.05, 3.63) is 40.7 Å². The van der Waals surface area contributed by atoms with Gasteiger partial charge in [0.25, 0.3) is 0 Å². The number of ether oxygens (including phenoxy) is 2. The van der Waals surface area contributed by atoms with Crippen molar-refractivity contribution in [3.63, 3.8) is 0 Å². The van der Waals surface area contributed by atoms with Crippen LogP contribution in [0.15, 0.2) is 39.9 Å². The molecule has 0 atom stereocenters. The molecule has 0 aliphatic carbocycles. The van der Waals surface area contributed by atoms with Crippen molar-refractivity contribution in [1.82, 2.24) is 4.31 Å². The standard InChI is InChI=1S/C14H22ClNO2.C10H15NS2.C2H6/c1-4-17-8-9-18-14-12(15)6-5-7-13(14)16-10-11(2)3;1-9-4-6-11(7-5-9)13-10-3-2-8-12-10;1-2/h5-7,11,16H,4,8-10H2,1-3H3;2-3,8-9H,4-7H2,1H3;1-2H3. The molecule has 7 heteroatoms. The summed E-state index contributed by atoms with van der Waals surface area (Å²) in [5.41, 5.74) is 0.938. The molecule has 1 N–H and O–H groups in total. The number of para-hydroxylation sites is 1. The maximum atomic E-state index is 6.15. The lowest BCUT2D eigenvalue weighted by Crippen LogP contribution is -2.26. The predicted octanol–water partition coefficient (Wildman–Crippen LogP) is 8.34. The van der Waals surface area contributed by atoms with Crippen molar-refractivity contribution in [2.24, 2.45) is 11.8 Å². The molecule has 0 radical (unpaired) electrons. The van der Waals surface area contributed by atoms with E-state index in [0.29, 0.717) is 36.5 Å². The summed E-state index contributed by atoms with van der Waals surface area (Å²) < 4.78 is 14.8. The van der Waals surface area contributed by atoms with Gasteiger partial charge >= 0.3 is 0 Å². The van der Waals surface area contributed by atoms with Gasteiger partial charge in [-0.15, -0.1) is 11.3 Å². The normalized spacial score (nSPS) is 14.2. The van der Waals surface area contributed by atoms with Gasteiger partial charge in [0.15, 0.2) is 5.75 Å². The van der Waals surface area contributed by atoms with E-state index in [-0.39, 0.29) is 0 Å². The molecule has 1 aromatic carbocycles. The minimum absolute atomic E-state index is 0.508. The third-order valence-electron chi connectivity index (χ3n) is 4.80. The van der Waals surface area contributed by atoms with Gasteiger partial charge in [-0.25, -0.2) is 4.31 Å². The van der Waals surface area contributed by atoms with E-state index in [1.807, 2.05) is 62.3 Å². The van der Waals surface area contributed by atoms with E-state index in [2.05, 4.69) is 47.9 Å². The SMILES string of the molecule is CC.CC1CCN(Sc2cccs2)CC1.CCOCCOc1c(Cl)cccc1NCC(C)C. The van der Waals surface area contributed by atoms with Gasteiger partial charge in [-0.1, -0.05) is 58.4 Å². The number of hydrogen-bond acceptors (Lipinski definition) is 6. The minimum Gasteiger partial charge on any atom is -0.487 e. The van der Waals surface area contributed by atoms with Gasteiger partial charge in [-0.3, -0.25) is 0 Å². The molecule has 1 saturated heterocycles. The lowest BCUT2D eigenvalue weighted by atomic mass is 10.0. The molecular formula is C26H43ClN2O2S2. The maximum absolute atomic E-state index is 6.15. The second-order valence-corrected chi connectivity index (χ2v) is 10.8. The van der Waals surface area contributed by atoms with Gasteiger partial charge < -0.3 is 14.8 Å². The van der Waals surface area contributed by atoms with Crippen LogP contribution < -0.4 is 10.1 Å². The van der Waals surface area contributed by atoms with Crippen molar-refractivity contribution >= 4 is 40.6 Å². The van der Waals surface area contributed by atoms with E-state index < -0.39 is 0 Å². The Balaban J connectivity index is 0.000000319. The number of thiophene rings is 1. The summed E-state index contributed by atoms with van der Waals surface area (Å²) in [6.45, 7) is 17.8. The summed E-state index contributed by atoms with van der Waals surface area (Å²) in [5, 5.41) is 6.12. The number of hydrogen-bond donors (Lipinski definition) is 1. The number of anilines is 1. The number of rotatable bonds is 10. The van der Waals surface area contributed by atoms with Crippen LogP contribution in [0.3, 0.4) is 0 Å². The summed E-state index contributed by atoms with van der Waals surface area (Å²) in [6.07, 6.45) is 2.72. The van der Waals surface area contributed by atoms with Crippen LogP contribution in [0.25, 0.3) is 0 Å². The Morgan fingerprint density at radius 1 is 1.15 bits per heavy atom. The molecule has 0 spiro atoms. The number of halogens is 1. The molecule has 1 aliphatic rings. The van der Waals surface area contributed by atoms with Crippen LogP contribution >= 0.6 is 34.9 Å². The molecule has 0 saturated carbocycles. The van der Waals surface area contributed by atoms with E-state index in [4.69, 9.17) is 21.1 Å². The van der Waals surface area contributed by atoms with E-state index in [1.165, 1.54) is 30.1 Å². The molecular weight excluding hydrogens is 472 g/mol. The van der Waals surface area contributed by atoms with E-state index in [0.717, 1.165) is 18.2 Å². The Hall–Kier alpha value is -0.920. The van der Waals surface area contributed by atoms with Crippen molar-refractivity contribution in [1.29, 1.82) is 0 Å². The largest absolute Gasteiger partial charge is 0.487 e. The van der Waals surface area contributed by atoms with Crippen molar-refractivity contribution < 1.29 is 9.47 Å². The summed E-state index contributed by atoms with van der Waals surface area (Å²) in [7, 11) is 0. The van der Waals surface area contributed by atoms with Crippen molar-refractivity contribution in [3.8, 4) is 5.75 Å². The van der Waals surface area contributed by atoms with Crippen LogP contribution in [0.2, 0.25) is 5.02 Å². The first kappa shape index (κ1) is 30.1. The lowest BCUT2D eigenvalue weighted by molar-refractivity contribution is 0.110. The van der Waals surface area contributed by atoms with E-state index in [9.17, 15) is 0 Å². The smallest absolute Gasteiger partial charge is 0.161 e. The second-order valence-electron chi connectivity index (χ2n) is 8.07. The first-order valence-corrected chi connectivity index (χ1v) is 14.2. The molecule has 188 valence electrons. The fourth-order valence-corrected chi connectivity index (χ4v) is 5.09. The van der Waals surface area contributed by atoms with Gasteiger partial charge in [-0.05, 0) is 67.1 Å². The van der Waals surface area contributed by atoms with Gasteiger partial charge in [0.05, 0.1) is 21.5 Å².